The minimum Gasteiger partial charge on any atom is -0.454 e. The van der Waals surface area contributed by atoms with Crippen molar-refractivity contribution in [3.05, 3.63) is 23.5 Å². The van der Waals surface area contributed by atoms with Crippen molar-refractivity contribution in [3.8, 4) is 11.5 Å². The fourth-order valence-corrected chi connectivity index (χ4v) is 2.08. The molecule has 0 saturated heterocycles. The molecule has 1 aromatic carbocycles. The van der Waals surface area contributed by atoms with E-state index >= 15 is 0 Å². The van der Waals surface area contributed by atoms with Crippen molar-refractivity contribution in [1.29, 1.82) is 0 Å². The van der Waals surface area contributed by atoms with Crippen LogP contribution < -0.4 is 14.8 Å². The lowest BCUT2D eigenvalue weighted by molar-refractivity contribution is 0.0951. The highest BCUT2D eigenvalue weighted by Gasteiger charge is 2.20. The van der Waals surface area contributed by atoms with Gasteiger partial charge in [-0.15, -0.1) is 5.10 Å². The molecule has 0 saturated carbocycles. The monoisotopic (exact) mass is 259 g/mol. The van der Waals surface area contributed by atoms with Crippen molar-refractivity contribution in [3.63, 3.8) is 0 Å². The van der Waals surface area contributed by atoms with Crippen LogP contribution in [-0.2, 0) is 0 Å². The summed E-state index contributed by atoms with van der Waals surface area (Å²) in [5.74, 6) is 1.06. The molecule has 6 heteroatoms. The predicted octanol–water partition coefficient (Wildman–Crippen LogP) is 1.42. The summed E-state index contributed by atoms with van der Waals surface area (Å²) in [6.45, 7) is 4.44. The normalized spacial score (nSPS) is 12.7. The van der Waals surface area contributed by atoms with Gasteiger partial charge in [0.2, 0.25) is 6.79 Å². The highest BCUT2D eigenvalue weighted by Crippen LogP contribution is 2.37. The fourth-order valence-electron chi connectivity index (χ4n) is 2.08. The van der Waals surface area contributed by atoms with Gasteiger partial charge in [-0.1, -0.05) is 0 Å². The highest BCUT2D eigenvalue weighted by atomic mass is 16.7. The molecule has 0 bridgehead atoms. The Hall–Kier alpha value is -2.37. The maximum absolute atomic E-state index is 12.0. The molecule has 19 heavy (non-hydrogen) atoms. The largest absolute Gasteiger partial charge is 0.454 e. The zero-order valence-electron chi connectivity index (χ0n) is 10.7. The number of aryl methyl sites for hydroxylation is 1. The van der Waals surface area contributed by atoms with Crippen LogP contribution in [0, 0.1) is 6.92 Å². The number of nitrogens with zero attached hydrogens (tertiary/aromatic N) is 2. The summed E-state index contributed by atoms with van der Waals surface area (Å²) < 4.78 is 10.7. The van der Waals surface area contributed by atoms with Crippen LogP contribution in [0.3, 0.4) is 0 Å². The first kappa shape index (κ1) is 11.7. The molecule has 0 radical (unpaired) electrons. The number of fused-ring (bicyclic) bond motifs is 2. The third kappa shape index (κ3) is 1.85. The molecule has 0 fully saturated rings. The van der Waals surface area contributed by atoms with Crippen LogP contribution in [0.25, 0.3) is 10.8 Å². The molecule has 1 amide bonds. The third-order valence-electron chi connectivity index (χ3n) is 3.01. The van der Waals surface area contributed by atoms with Crippen LogP contribution in [0.15, 0.2) is 12.1 Å². The highest BCUT2D eigenvalue weighted by molar-refractivity contribution is 6.06. The smallest absolute Gasteiger partial charge is 0.272 e. The zero-order valence-corrected chi connectivity index (χ0v) is 10.7. The second-order valence-corrected chi connectivity index (χ2v) is 4.24. The van der Waals surface area contributed by atoms with Crippen LogP contribution in [0.2, 0.25) is 0 Å². The van der Waals surface area contributed by atoms with Gasteiger partial charge in [0, 0.05) is 17.3 Å². The fraction of sp³-hybridized carbons (Fsp3) is 0.308. The number of aromatic nitrogens is 2. The number of nitrogens with one attached hydrogen (secondary N) is 1. The number of ether oxygens (including phenoxy) is 2. The van der Waals surface area contributed by atoms with Crippen molar-refractivity contribution >= 4 is 16.7 Å². The summed E-state index contributed by atoms with van der Waals surface area (Å²) >= 11 is 0. The number of benzene rings is 1. The van der Waals surface area contributed by atoms with Crippen LogP contribution in [0.4, 0.5) is 0 Å². The van der Waals surface area contributed by atoms with Gasteiger partial charge in [0.05, 0.1) is 5.69 Å². The van der Waals surface area contributed by atoms with Crippen LogP contribution in [0.5, 0.6) is 11.5 Å². The number of carbonyl (C=O) groups is 1. The number of hydrogen-bond acceptors (Lipinski definition) is 5. The molecule has 6 nitrogen and oxygen atoms in total. The molecule has 0 unspecified atom stereocenters. The van der Waals surface area contributed by atoms with Crippen LogP contribution in [0.1, 0.15) is 23.1 Å². The van der Waals surface area contributed by atoms with E-state index in [0.717, 1.165) is 16.5 Å². The Kier molecular flexibility index (Phi) is 2.70. The van der Waals surface area contributed by atoms with Crippen molar-refractivity contribution in [2.24, 2.45) is 0 Å². The molecule has 0 spiro atoms. The average Bonchev–Trinajstić information content (AvgIpc) is 2.84. The van der Waals surface area contributed by atoms with E-state index in [-0.39, 0.29) is 12.7 Å². The Morgan fingerprint density at radius 1 is 1.26 bits per heavy atom. The summed E-state index contributed by atoms with van der Waals surface area (Å²) in [4.78, 5) is 12.0. The molecule has 3 rings (SSSR count). The first-order valence-corrected chi connectivity index (χ1v) is 6.05. The van der Waals surface area contributed by atoms with Gasteiger partial charge in [-0.3, -0.25) is 4.79 Å². The molecular weight excluding hydrogens is 246 g/mol. The van der Waals surface area contributed by atoms with E-state index < -0.39 is 0 Å². The van der Waals surface area contributed by atoms with Gasteiger partial charge in [-0.25, -0.2) is 0 Å². The Labute approximate surface area is 109 Å². The number of rotatable bonds is 2. The molecule has 1 aliphatic rings. The van der Waals surface area contributed by atoms with Gasteiger partial charge in [-0.05, 0) is 26.0 Å². The predicted molar refractivity (Wildman–Crippen MR) is 68.4 cm³/mol. The number of carbonyl (C=O) groups excluding carboxylic acids is 1. The summed E-state index contributed by atoms with van der Waals surface area (Å²) in [5, 5.41) is 12.3. The van der Waals surface area contributed by atoms with E-state index in [2.05, 4.69) is 15.5 Å². The van der Waals surface area contributed by atoms with Gasteiger partial charge in [-0.2, -0.15) is 5.10 Å². The molecule has 0 aliphatic carbocycles. The molecule has 98 valence electrons. The second kappa shape index (κ2) is 4.38. The van der Waals surface area contributed by atoms with Gasteiger partial charge in [0.15, 0.2) is 17.2 Å². The third-order valence-corrected chi connectivity index (χ3v) is 3.01. The van der Waals surface area contributed by atoms with Gasteiger partial charge >= 0.3 is 0 Å². The number of hydrogen-bond donors (Lipinski definition) is 1. The van der Waals surface area contributed by atoms with E-state index in [1.807, 2.05) is 19.9 Å². The Morgan fingerprint density at radius 2 is 1.95 bits per heavy atom. The molecular formula is C13H13N3O3. The van der Waals surface area contributed by atoms with E-state index in [1.165, 1.54) is 0 Å². The lowest BCUT2D eigenvalue weighted by atomic mass is 10.1. The minimum absolute atomic E-state index is 0.196. The molecule has 0 atom stereocenters. The van der Waals surface area contributed by atoms with E-state index in [4.69, 9.17) is 9.47 Å². The summed E-state index contributed by atoms with van der Waals surface area (Å²) in [5.41, 5.74) is 1.06. The summed E-state index contributed by atoms with van der Waals surface area (Å²) in [6.07, 6.45) is 0. The van der Waals surface area contributed by atoms with E-state index in [0.29, 0.717) is 23.7 Å². The summed E-state index contributed by atoms with van der Waals surface area (Å²) in [7, 11) is 0. The zero-order chi connectivity index (χ0) is 13.4. The summed E-state index contributed by atoms with van der Waals surface area (Å²) in [6, 6.07) is 3.62. The Balaban J connectivity index is 2.24. The van der Waals surface area contributed by atoms with Crippen LogP contribution >= 0.6 is 0 Å². The molecule has 1 N–H and O–H groups in total. The van der Waals surface area contributed by atoms with Gasteiger partial charge in [0.25, 0.3) is 5.91 Å². The SMILES string of the molecule is CCNC(=O)c1nnc(C)c2cc3c(cc12)OCO3. The maximum atomic E-state index is 12.0. The maximum Gasteiger partial charge on any atom is 0.272 e. The Bertz CT molecular complexity index is 670. The van der Waals surface area contributed by atoms with Gasteiger partial charge in [0.1, 0.15) is 0 Å². The lowest BCUT2D eigenvalue weighted by Gasteiger charge is -2.08. The molecule has 2 heterocycles. The first-order chi connectivity index (χ1) is 9.20. The van der Waals surface area contributed by atoms with Crippen molar-refractivity contribution in [2.45, 2.75) is 13.8 Å². The topological polar surface area (TPSA) is 73.3 Å². The molecule has 1 aliphatic heterocycles. The molecule has 1 aromatic heterocycles. The van der Waals surface area contributed by atoms with Gasteiger partial charge < -0.3 is 14.8 Å². The van der Waals surface area contributed by atoms with E-state index in [1.54, 1.807) is 6.07 Å². The van der Waals surface area contributed by atoms with Crippen LogP contribution in [-0.4, -0.2) is 29.4 Å². The van der Waals surface area contributed by atoms with E-state index in [9.17, 15) is 4.79 Å². The Morgan fingerprint density at radius 3 is 2.63 bits per heavy atom. The van der Waals surface area contributed by atoms with Crippen molar-refractivity contribution in [1.82, 2.24) is 15.5 Å². The van der Waals surface area contributed by atoms with Crippen molar-refractivity contribution in [2.75, 3.05) is 13.3 Å². The minimum atomic E-state index is -0.237. The lowest BCUT2D eigenvalue weighted by Crippen LogP contribution is -2.24. The first-order valence-electron chi connectivity index (χ1n) is 6.05. The standard InChI is InChI=1S/C13H13N3O3/c1-3-14-13(17)12-9-5-11-10(18-6-19-11)4-8(9)7(2)15-16-12/h4-5H,3,6H2,1-2H3,(H,14,17). The number of amides is 1. The quantitative estimate of drug-likeness (QED) is 0.882. The molecule has 2 aromatic rings. The second-order valence-electron chi connectivity index (χ2n) is 4.24. The van der Waals surface area contributed by atoms with Crippen molar-refractivity contribution < 1.29 is 14.3 Å². The average molecular weight is 259 g/mol.